The predicted molar refractivity (Wildman–Crippen MR) is 123 cm³/mol. The van der Waals surface area contributed by atoms with E-state index in [1.165, 1.54) is 12.1 Å². The second-order valence-electron chi connectivity index (χ2n) is 8.72. The van der Waals surface area contributed by atoms with Crippen LogP contribution in [-0.2, 0) is 22.6 Å². The van der Waals surface area contributed by atoms with Crippen LogP contribution in [0.4, 0.5) is 4.39 Å². The van der Waals surface area contributed by atoms with E-state index in [0.29, 0.717) is 6.42 Å². The van der Waals surface area contributed by atoms with Gasteiger partial charge in [0.15, 0.2) is 0 Å². The molecule has 2 aliphatic rings. The summed E-state index contributed by atoms with van der Waals surface area (Å²) >= 11 is 0. The molecule has 2 atom stereocenters. The largest absolute Gasteiger partial charge is 0.356 e. The molecule has 1 N–H and O–H groups in total. The van der Waals surface area contributed by atoms with Crippen LogP contribution in [0.2, 0.25) is 0 Å². The fourth-order valence-corrected chi connectivity index (χ4v) is 5.25. The Hall–Kier alpha value is -3.93. The van der Waals surface area contributed by atoms with E-state index in [0.717, 1.165) is 33.3 Å². The number of rotatable bonds is 3. The van der Waals surface area contributed by atoms with Crippen LogP contribution in [0.3, 0.4) is 0 Å². The molecule has 0 aliphatic carbocycles. The molecule has 0 spiro atoms. The van der Waals surface area contributed by atoms with Gasteiger partial charge < -0.3 is 14.8 Å². The van der Waals surface area contributed by atoms with E-state index in [2.05, 4.69) is 11.1 Å². The Bertz CT molecular complexity index is 1360. The molecule has 6 heteroatoms. The van der Waals surface area contributed by atoms with Crippen molar-refractivity contribution in [3.8, 4) is 0 Å². The number of hydrogen-bond donors (Lipinski definition) is 1. The first kappa shape index (κ1) is 19.7. The lowest BCUT2D eigenvalue weighted by atomic mass is 9.86. The number of amides is 2. The van der Waals surface area contributed by atoms with Gasteiger partial charge in [0.1, 0.15) is 18.4 Å². The minimum absolute atomic E-state index is 0.00556. The maximum atomic E-state index is 13.7. The number of hydrogen-bond acceptors (Lipinski definition) is 2. The molecule has 4 aromatic rings. The van der Waals surface area contributed by atoms with E-state index in [4.69, 9.17) is 0 Å². The molecule has 33 heavy (non-hydrogen) atoms. The number of piperazine rings is 1. The summed E-state index contributed by atoms with van der Waals surface area (Å²) in [6.45, 7) is 0.289. The van der Waals surface area contributed by atoms with E-state index in [1.54, 1.807) is 21.9 Å². The molecule has 0 radical (unpaired) electrons. The van der Waals surface area contributed by atoms with Crippen molar-refractivity contribution >= 4 is 22.7 Å². The van der Waals surface area contributed by atoms with Crippen LogP contribution in [0, 0.1) is 5.82 Å². The van der Waals surface area contributed by atoms with Gasteiger partial charge in [0.05, 0.1) is 6.04 Å². The lowest BCUT2D eigenvalue weighted by Crippen LogP contribution is -2.62. The van der Waals surface area contributed by atoms with Crippen molar-refractivity contribution < 1.29 is 14.0 Å². The van der Waals surface area contributed by atoms with Crippen molar-refractivity contribution in [2.75, 3.05) is 6.54 Å². The van der Waals surface area contributed by atoms with Gasteiger partial charge in [0.2, 0.25) is 11.8 Å². The first-order valence-corrected chi connectivity index (χ1v) is 11.1. The number of carbonyl (C=O) groups is 2. The van der Waals surface area contributed by atoms with Crippen LogP contribution in [0.5, 0.6) is 0 Å². The summed E-state index contributed by atoms with van der Waals surface area (Å²) in [4.78, 5) is 34.1. The van der Waals surface area contributed by atoms with Crippen LogP contribution in [0.1, 0.15) is 28.4 Å². The number of carbonyl (C=O) groups excluding carboxylic acids is 2. The molecule has 164 valence electrons. The molecule has 0 saturated carbocycles. The van der Waals surface area contributed by atoms with Crippen molar-refractivity contribution in [3.05, 3.63) is 107 Å². The van der Waals surface area contributed by atoms with Crippen molar-refractivity contribution in [3.63, 3.8) is 0 Å². The zero-order valence-electron chi connectivity index (χ0n) is 17.9. The summed E-state index contributed by atoms with van der Waals surface area (Å²) in [5, 5.41) is 1.09. The normalized spacial score (nSPS) is 20.2. The number of aromatic amines is 1. The smallest absolute Gasteiger partial charge is 0.246 e. The molecule has 0 bridgehead atoms. The van der Waals surface area contributed by atoms with Gasteiger partial charge in [0, 0.05) is 29.6 Å². The molecule has 3 aromatic carbocycles. The van der Waals surface area contributed by atoms with Crippen molar-refractivity contribution in [1.82, 2.24) is 14.8 Å². The molecule has 5 nitrogen and oxygen atoms in total. The number of aromatic nitrogens is 1. The summed E-state index contributed by atoms with van der Waals surface area (Å²) in [5.74, 6) is -0.480. The van der Waals surface area contributed by atoms with Crippen LogP contribution in [0.15, 0.2) is 78.9 Å². The van der Waals surface area contributed by atoms with Gasteiger partial charge in [-0.05, 0) is 34.9 Å². The molecule has 1 aromatic heterocycles. The summed E-state index contributed by atoms with van der Waals surface area (Å²) in [7, 11) is 0. The quantitative estimate of drug-likeness (QED) is 0.520. The molecular formula is C27H22FN3O2. The number of H-pyrrole nitrogens is 1. The Kier molecular flexibility index (Phi) is 4.54. The highest BCUT2D eigenvalue weighted by atomic mass is 19.1. The maximum Gasteiger partial charge on any atom is 0.246 e. The molecule has 0 unspecified atom stereocenters. The standard InChI is InChI=1S/C27H22FN3O2/c28-19-12-10-17(11-13-19)15-30-16-24(32)31-23(27(30)33)14-21-20-8-4-5-9-22(20)29-25(21)26(31)18-6-2-1-3-7-18/h1-13,23,26,29H,14-16H2/t23-,26-/m1/s1. The Morgan fingerprint density at radius 1 is 0.909 bits per heavy atom. The maximum absolute atomic E-state index is 13.7. The fourth-order valence-electron chi connectivity index (χ4n) is 5.25. The van der Waals surface area contributed by atoms with Gasteiger partial charge in [-0.15, -0.1) is 0 Å². The van der Waals surface area contributed by atoms with Crippen LogP contribution in [-0.4, -0.2) is 39.2 Å². The lowest BCUT2D eigenvalue weighted by molar-refractivity contribution is -0.159. The Morgan fingerprint density at radius 2 is 1.64 bits per heavy atom. The first-order chi connectivity index (χ1) is 16.1. The highest BCUT2D eigenvalue weighted by Crippen LogP contribution is 2.42. The number of halogens is 1. The Balaban J connectivity index is 1.44. The molecule has 1 fully saturated rings. The van der Waals surface area contributed by atoms with Gasteiger partial charge in [-0.25, -0.2) is 4.39 Å². The Morgan fingerprint density at radius 3 is 2.42 bits per heavy atom. The number of para-hydroxylation sites is 1. The van der Waals surface area contributed by atoms with Gasteiger partial charge >= 0.3 is 0 Å². The average molecular weight is 439 g/mol. The topological polar surface area (TPSA) is 56.4 Å². The number of benzene rings is 3. The number of nitrogens with one attached hydrogen (secondary N) is 1. The molecule has 2 aliphatic heterocycles. The third kappa shape index (κ3) is 3.21. The fraction of sp³-hybridized carbons (Fsp3) is 0.185. The second-order valence-corrected chi connectivity index (χ2v) is 8.72. The summed E-state index contributed by atoms with van der Waals surface area (Å²) in [6, 6.07) is 23.1. The van der Waals surface area contributed by atoms with Crippen LogP contribution < -0.4 is 0 Å². The molecule has 6 rings (SSSR count). The van der Waals surface area contributed by atoms with Gasteiger partial charge in [-0.1, -0.05) is 60.7 Å². The van der Waals surface area contributed by atoms with Gasteiger partial charge in [-0.3, -0.25) is 9.59 Å². The minimum atomic E-state index is -0.580. The molecule has 1 saturated heterocycles. The molecule has 2 amide bonds. The van der Waals surface area contributed by atoms with Crippen molar-refractivity contribution in [2.24, 2.45) is 0 Å². The average Bonchev–Trinajstić information content (AvgIpc) is 3.21. The first-order valence-electron chi connectivity index (χ1n) is 11.1. The Labute approximate surface area is 190 Å². The highest BCUT2D eigenvalue weighted by Gasteiger charge is 2.48. The van der Waals surface area contributed by atoms with Crippen LogP contribution in [0.25, 0.3) is 10.9 Å². The van der Waals surface area contributed by atoms with E-state index < -0.39 is 6.04 Å². The van der Waals surface area contributed by atoms with Crippen LogP contribution >= 0.6 is 0 Å². The van der Waals surface area contributed by atoms with E-state index in [-0.39, 0.29) is 36.8 Å². The van der Waals surface area contributed by atoms with Crippen molar-refractivity contribution in [2.45, 2.75) is 25.0 Å². The minimum Gasteiger partial charge on any atom is -0.356 e. The SMILES string of the molecule is O=C1[C@H]2Cc3c([nH]c4ccccc34)[C@@H](c3ccccc3)N2C(=O)CN1Cc1ccc(F)cc1. The summed E-state index contributed by atoms with van der Waals surface area (Å²) in [5.41, 5.74) is 4.85. The van der Waals surface area contributed by atoms with E-state index >= 15 is 0 Å². The third-order valence-corrected chi connectivity index (χ3v) is 6.74. The van der Waals surface area contributed by atoms with Crippen molar-refractivity contribution in [1.29, 1.82) is 0 Å². The third-order valence-electron chi connectivity index (χ3n) is 6.74. The molecule has 3 heterocycles. The zero-order valence-corrected chi connectivity index (χ0v) is 17.9. The highest BCUT2D eigenvalue weighted by molar-refractivity contribution is 5.97. The van der Waals surface area contributed by atoms with Gasteiger partial charge in [-0.2, -0.15) is 0 Å². The number of nitrogens with zero attached hydrogens (tertiary/aromatic N) is 2. The zero-order chi connectivity index (χ0) is 22.5. The lowest BCUT2D eigenvalue weighted by Gasteiger charge is -2.47. The van der Waals surface area contributed by atoms with E-state index in [1.807, 2.05) is 48.5 Å². The predicted octanol–water partition coefficient (Wildman–Crippen LogP) is 4.19. The monoisotopic (exact) mass is 439 g/mol. The van der Waals surface area contributed by atoms with Gasteiger partial charge in [0.25, 0.3) is 0 Å². The summed E-state index contributed by atoms with van der Waals surface area (Å²) < 4.78 is 13.3. The second kappa shape index (κ2) is 7.59. The number of fused-ring (bicyclic) bond motifs is 4. The molecular weight excluding hydrogens is 417 g/mol. The van der Waals surface area contributed by atoms with E-state index in [9.17, 15) is 14.0 Å². The summed E-state index contributed by atoms with van der Waals surface area (Å²) in [6.07, 6.45) is 0.465.